The zero-order chi connectivity index (χ0) is 26.2. The maximum Gasteiger partial charge on any atom is 0.412 e. The molecule has 9 nitrogen and oxygen atoms in total. The van der Waals surface area contributed by atoms with Gasteiger partial charge in [0.15, 0.2) is 11.5 Å². The average Bonchev–Trinajstić information content (AvgIpc) is 2.92. The van der Waals surface area contributed by atoms with Gasteiger partial charge in [0, 0.05) is 49.0 Å². The van der Waals surface area contributed by atoms with Gasteiger partial charge in [-0.2, -0.15) is 0 Å². The van der Waals surface area contributed by atoms with Gasteiger partial charge < -0.3 is 24.1 Å². The van der Waals surface area contributed by atoms with E-state index in [1.165, 1.54) is 4.90 Å². The largest absolute Gasteiger partial charge is 0.493 e. The number of hydrogen-bond donors (Lipinski definition) is 1. The molecule has 0 spiro atoms. The Hall–Kier alpha value is -3.56. The van der Waals surface area contributed by atoms with Crippen LogP contribution in [-0.4, -0.2) is 74.2 Å². The highest BCUT2D eigenvalue weighted by Gasteiger charge is 2.25. The first-order valence-corrected chi connectivity index (χ1v) is 12.6. The lowest BCUT2D eigenvalue weighted by Crippen LogP contribution is -2.43. The van der Waals surface area contributed by atoms with Crippen molar-refractivity contribution in [1.82, 2.24) is 9.88 Å². The molecule has 1 aliphatic rings. The van der Waals surface area contributed by atoms with Crippen LogP contribution in [0.15, 0.2) is 48.7 Å². The molecule has 1 atom stereocenters. The highest BCUT2D eigenvalue weighted by atomic mass is 16.5. The second kappa shape index (κ2) is 12.6. The molecule has 1 N–H and O–H groups in total. The number of pyridine rings is 1. The number of amides is 1. The van der Waals surface area contributed by atoms with Crippen molar-refractivity contribution in [2.45, 2.75) is 32.2 Å². The first kappa shape index (κ1) is 26.5. The molecule has 4 rings (SSSR count). The smallest absolute Gasteiger partial charge is 0.412 e. The van der Waals surface area contributed by atoms with Gasteiger partial charge in [-0.25, -0.2) is 4.79 Å². The summed E-state index contributed by atoms with van der Waals surface area (Å²) in [5.41, 5.74) is 1.35. The number of ether oxygens (including phenoxy) is 4. The molecule has 0 aliphatic carbocycles. The molecular formula is C28H35N3O6. The minimum absolute atomic E-state index is 0.108. The number of anilines is 1. The van der Waals surface area contributed by atoms with Gasteiger partial charge >= 0.3 is 6.09 Å². The quantitative estimate of drug-likeness (QED) is 0.366. The normalized spacial score (nSPS) is 14.8. The lowest BCUT2D eigenvalue weighted by molar-refractivity contribution is 0.0364. The summed E-state index contributed by atoms with van der Waals surface area (Å²) >= 11 is 0. The Morgan fingerprint density at radius 3 is 2.41 bits per heavy atom. The van der Waals surface area contributed by atoms with E-state index in [0.717, 1.165) is 57.5 Å². The molecule has 1 saturated heterocycles. The van der Waals surface area contributed by atoms with Crippen LogP contribution in [0.2, 0.25) is 0 Å². The van der Waals surface area contributed by atoms with E-state index in [2.05, 4.69) is 16.8 Å². The standard InChI is InChI=1S/C28H35N3O6/c1-4-5-20(11-13-30-14-16-36-17-15-30)31(28(32)33)21-6-8-22(9-7-21)37-25-10-12-29-24-19-27(35-3)26(34-2)18-23(24)25/h6-10,12,18-20H,4-5,11,13-17H2,1-3H3,(H,32,33). The summed E-state index contributed by atoms with van der Waals surface area (Å²) in [6, 6.07) is 12.5. The Morgan fingerprint density at radius 1 is 1.05 bits per heavy atom. The lowest BCUT2D eigenvalue weighted by atomic mass is 10.1. The van der Waals surface area contributed by atoms with E-state index in [-0.39, 0.29) is 6.04 Å². The van der Waals surface area contributed by atoms with E-state index in [4.69, 9.17) is 18.9 Å². The summed E-state index contributed by atoms with van der Waals surface area (Å²) in [6.07, 6.45) is 3.20. The van der Waals surface area contributed by atoms with E-state index in [1.54, 1.807) is 56.8 Å². The third kappa shape index (κ3) is 6.42. The van der Waals surface area contributed by atoms with Crippen LogP contribution in [0.1, 0.15) is 26.2 Å². The summed E-state index contributed by atoms with van der Waals surface area (Å²) in [4.78, 5) is 20.6. The highest BCUT2D eigenvalue weighted by Crippen LogP contribution is 2.37. The molecule has 37 heavy (non-hydrogen) atoms. The average molecular weight is 510 g/mol. The van der Waals surface area contributed by atoms with Gasteiger partial charge in [0.25, 0.3) is 0 Å². The summed E-state index contributed by atoms with van der Waals surface area (Å²) in [5.74, 6) is 2.38. The SMILES string of the molecule is CCCC(CCN1CCOCC1)N(C(=O)O)c1ccc(Oc2ccnc3cc(OC)c(OC)cc23)cc1. The second-order valence-corrected chi connectivity index (χ2v) is 8.97. The van der Waals surface area contributed by atoms with Crippen LogP contribution >= 0.6 is 0 Å². The van der Waals surface area contributed by atoms with Gasteiger partial charge in [-0.05, 0) is 49.2 Å². The Labute approximate surface area is 217 Å². The van der Waals surface area contributed by atoms with Gasteiger partial charge in [0.05, 0.1) is 33.0 Å². The maximum absolute atomic E-state index is 12.3. The van der Waals surface area contributed by atoms with E-state index in [9.17, 15) is 9.90 Å². The van der Waals surface area contributed by atoms with Crippen LogP contribution in [-0.2, 0) is 4.74 Å². The Kier molecular flexibility index (Phi) is 9.03. The Balaban J connectivity index is 1.53. The fourth-order valence-corrected chi connectivity index (χ4v) is 4.71. The third-order valence-corrected chi connectivity index (χ3v) is 6.62. The Bertz CT molecular complexity index is 1180. The molecule has 0 saturated carbocycles. The first-order chi connectivity index (χ1) is 18.0. The van der Waals surface area contributed by atoms with Gasteiger partial charge in [-0.1, -0.05) is 13.3 Å². The van der Waals surface area contributed by atoms with Crippen molar-refractivity contribution in [3.8, 4) is 23.0 Å². The Morgan fingerprint density at radius 2 is 1.76 bits per heavy atom. The molecule has 1 aliphatic heterocycles. The number of fused-ring (bicyclic) bond motifs is 1. The van der Waals surface area contributed by atoms with Crippen molar-refractivity contribution in [3.05, 3.63) is 48.7 Å². The first-order valence-electron chi connectivity index (χ1n) is 12.6. The third-order valence-electron chi connectivity index (χ3n) is 6.62. The monoisotopic (exact) mass is 509 g/mol. The van der Waals surface area contributed by atoms with Crippen LogP contribution in [0, 0.1) is 0 Å². The number of rotatable bonds is 11. The number of carbonyl (C=O) groups is 1. The number of methoxy groups -OCH3 is 2. The predicted molar refractivity (Wildman–Crippen MR) is 142 cm³/mol. The highest BCUT2D eigenvalue weighted by molar-refractivity contribution is 5.89. The van der Waals surface area contributed by atoms with Crippen molar-refractivity contribution in [1.29, 1.82) is 0 Å². The predicted octanol–water partition coefficient (Wildman–Crippen LogP) is 5.42. The molecule has 198 valence electrons. The molecule has 1 amide bonds. The number of carboxylic acid groups (broad SMARTS) is 1. The van der Waals surface area contributed by atoms with E-state index < -0.39 is 6.09 Å². The van der Waals surface area contributed by atoms with Gasteiger partial charge in [0.2, 0.25) is 0 Å². The second-order valence-electron chi connectivity index (χ2n) is 8.97. The van der Waals surface area contributed by atoms with Gasteiger partial charge in [0.1, 0.15) is 11.5 Å². The van der Waals surface area contributed by atoms with Crippen LogP contribution in [0.4, 0.5) is 10.5 Å². The van der Waals surface area contributed by atoms with Gasteiger partial charge in [-0.3, -0.25) is 14.8 Å². The summed E-state index contributed by atoms with van der Waals surface area (Å²) in [6.45, 7) is 6.18. The topological polar surface area (TPSA) is 93.6 Å². The van der Waals surface area contributed by atoms with E-state index in [1.807, 2.05) is 6.07 Å². The number of hydrogen-bond acceptors (Lipinski definition) is 7. The molecule has 2 heterocycles. The van der Waals surface area contributed by atoms with Crippen molar-refractivity contribution in [3.63, 3.8) is 0 Å². The summed E-state index contributed by atoms with van der Waals surface area (Å²) in [7, 11) is 3.17. The molecular weight excluding hydrogens is 474 g/mol. The zero-order valence-corrected chi connectivity index (χ0v) is 21.7. The maximum atomic E-state index is 12.3. The van der Waals surface area contributed by atoms with Crippen LogP contribution in [0.3, 0.4) is 0 Å². The fraction of sp³-hybridized carbons (Fsp3) is 0.429. The number of morpholine rings is 1. The van der Waals surface area contributed by atoms with E-state index in [0.29, 0.717) is 34.2 Å². The molecule has 1 aromatic heterocycles. The molecule has 2 aromatic carbocycles. The molecule has 1 unspecified atom stereocenters. The van der Waals surface area contributed by atoms with Crippen molar-refractivity contribution in [2.75, 3.05) is 52.0 Å². The van der Waals surface area contributed by atoms with Gasteiger partial charge in [-0.15, -0.1) is 0 Å². The number of nitrogens with zero attached hydrogens (tertiary/aromatic N) is 3. The molecule has 0 bridgehead atoms. The molecule has 3 aromatic rings. The number of benzene rings is 2. The zero-order valence-electron chi connectivity index (χ0n) is 21.7. The number of aromatic nitrogens is 1. The lowest BCUT2D eigenvalue weighted by Gasteiger charge is -2.33. The van der Waals surface area contributed by atoms with Crippen LogP contribution < -0.4 is 19.1 Å². The minimum Gasteiger partial charge on any atom is -0.493 e. The van der Waals surface area contributed by atoms with Crippen LogP contribution in [0.5, 0.6) is 23.0 Å². The minimum atomic E-state index is -0.949. The summed E-state index contributed by atoms with van der Waals surface area (Å²) < 4.78 is 22.4. The van der Waals surface area contributed by atoms with Crippen molar-refractivity contribution >= 4 is 22.7 Å². The molecule has 9 heteroatoms. The fourth-order valence-electron chi connectivity index (χ4n) is 4.71. The van der Waals surface area contributed by atoms with Crippen molar-refractivity contribution < 1.29 is 28.8 Å². The molecule has 1 fully saturated rings. The molecule has 0 radical (unpaired) electrons. The van der Waals surface area contributed by atoms with Crippen LogP contribution in [0.25, 0.3) is 10.9 Å². The van der Waals surface area contributed by atoms with Crippen molar-refractivity contribution in [2.24, 2.45) is 0 Å². The van der Waals surface area contributed by atoms with E-state index >= 15 is 0 Å². The summed E-state index contributed by atoms with van der Waals surface area (Å²) in [5, 5.41) is 10.9.